The van der Waals surface area contributed by atoms with Gasteiger partial charge < -0.3 is 24.7 Å². The number of nitrogens with zero attached hydrogens (tertiary/aromatic N) is 5. The highest BCUT2D eigenvalue weighted by Gasteiger charge is 2.38. The Morgan fingerprint density at radius 3 is 2.55 bits per heavy atom. The van der Waals surface area contributed by atoms with E-state index >= 15 is 0 Å². The summed E-state index contributed by atoms with van der Waals surface area (Å²) in [5.41, 5.74) is 0.193. The number of aryl methyl sites for hydroxylation is 1. The van der Waals surface area contributed by atoms with E-state index < -0.39 is 0 Å². The molecule has 1 aromatic heterocycles. The van der Waals surface area contributed by atoms with Crippen LogP contribution < -0.4 is 10.6 Å². The summed E-state index contributed by atoms with van der Waals surface area (Å²) in [7, 11) is 3.72. The van der Waals surface area contributed by atoms with Crippen LogP contribution in [0.1, 0.15) is 50.2 Å². The summed E-state index contributed by atoms with van der Waals surface area (Å²) in [6.07, 6.45) is 7.34. The monoisotopic (exact) mass is 549 g/mol. The van der Waals surface area contributed by atoms with E-state index in [0.29, 0.717) is 6.54 Å². The Hall–Kier alpha value is -0.980. The number of guanidine groups is 1. The molecule has 178 valence electrons. The molecule has 0 spiro atoms. The molecule has 0 amide bonds. The van der Waals surface area contributed by atoms with Gasteiger partial charge >= 0.3 is 0 Å². The van der Waals surface area contributed by atoms with Crippen LogP contribution >= 0.6 is 24.0 Å². The standard InChI is InChI=1S/C21H39N7O2.HI/c1-18-25-26-19(27(18)2)16-23-20(22-10-7-13-29-3)24-17-21(8-5-4-6-9-21)28-11-14-30-15-12-28;/h4-17H2,1-3H3,(H2,22,23,24);1H. The van der Waals surface area contributed by atoms with Crippen molar-refractivity contribution in [1.82, 2.24) is 30.3 Å². The Kier molecular flexibility index (Phi) is 11.5. The van der Waals surface area contributed by atoms with Crippen molar-refractivity contribution in [2.24, 2.45) is 12.0 Å². The van der Waals surface area contributed by atoms with Crippen molar-refractivity contribution in [1.29, 1.82) is 0 Å². The summed E-state index contributed by atoms with van der Waals surface area (Å²) in [5, 5.41) is 15.5. The average Bonchev–Trinajstić information content (AvgIpc) is 3.11. The minimum absolute atomic E-state index is 0. The normalized spacial score (nSPS) is 19.6. The maximum Gasteiger partial charge on any atom is 0.191 e. The lowest BCUT2D eigenvalue weighted by atomic mass is 9.80. The van der Waals surface area contributed by atoms with Crippen molar-refractivity contribution in [2.75, 3.05) is 53.1 Å². The van der Waals surface area contributed by atoms with Gasteiger partial charge in [-0.05, 0) is 26.2 Å². The highest BCUT2D eigenvalue weighted by molar-refractivity contribution is 14.0. The van der Waals surface area contributed by atoms with Crippen LogP contribution in [0.3, 0.4) is 0 Å². The zero-order chi connectivity index (χ0) is 21.2. The number of aromatic nitrogens is 3. The molecule has 10 heteroatoms. The van der Waals surface area contributed by atoms with Gasteiger partial charge in [-0.15, -0.1) is 34.2 Å². The number of methoxy groups -OCH3 is 1. The van der Waals surface area contributed by atoms with Crippen LogP contribution in [-0.2, 0) is 23.1 Å². The van der Waals surface area contributed by atoms with Crippen LogP contribution in [0.4, 0.5) is 0 Å². The third-order valence-electron chi connectivity index (χ3n) is 6.43. The minimum atomic E-state index is 0. The van der Waals surface area contributed by atoms with Crippen LogP contribution in [0.25, 0.3) is 0 Å². The van der Waals surface area contributed by atoms with Crippen molar-refractivity contribution >= 4 is 29.9 Å². The second kappa shape index (κ2) is 13.5. The van der Waals surface area contributed by atoms with E-state index in [1.54, 1.807) is 7.11 Å². The highest BCUT2D eigenvalue weighted by Crippen LogP contribution is 2.33. The van der Waals surface area contributed by atoms with Gasteiger partial charge in [-0.2, -0.15) is 0 Å². The van der Waals surface area contributed by atoms with E-state index in [0.717, 1.165) is 70.0 Å². The first-order valence-electron chi connectivity index (χ1n) is 11.3. The maximum absolute atomic E-state index is 5.61. The summed E-state index contributed by atoms with van der Waals surface area (Å²) >= 11 is 0. The van der Waals surface area contributed by atoms with Gasteiger partial charge in [-0.25, -0.2) is 4.99 Å². The highest BCUT2D eigenvalue weighted by atomic mass is 127. The molecule has 31 heavy (non-hydrogen) atoms. The molecule has 2 fully saturated rings. The molecular formula is C21H40IN7O2. The van der Waals surface area contributed by atoms with E-state index in [9.17, 15) is 0 Å². The first-order valence-corrected chi connectivity index (χ1v) is 11.3. The van der Waals surface area contributed by atoms with Gasteiger partial charge in [0.15, 0.2) is 11.8 Å². The van der Waals surface area contributed by atoms with E-state index in [4.69, 9.17) is 14.5 Å². The summed E-state index contributed by atoms with van der Waals surface area (Å²) in [5.74, 6) is 2.60. The molecule has 1 aromatic rings. The van der Waals surface area contributed by atoms with E-state index in [2.05, 4.69) is 25.7 Å². The Labute approximate surface area is 203 Å². The molecule has 2 aliphatic rings. The SMILES string of the molecule is COCCCNC(=NCc1nnc(C)n1C)NCC1(N2CCOCC2)CCCCC1.I. The summed E-state index contributed by atoms with van der Waals surface area (Å²) in [6, 6.07) is 0. The molecule has 0 atom stereocenters. The predicted octanol–water partition coefficient (Wildman–Crippen LogP) is 1.85. The van der Waals surface area contributed by atoms with Crippen LogP contribution in [0.15, 0.2) is 4.99 Å². The summed E-state index contributed by atoms with van der Waals surface area (Å²) in [4.78, 5) is 7.46. The van der Waals surface area contributed by atoms with Gasteiger partial charge in [-0.3, -0.25) is 4.90 Å². The van der Waals surface area contributed by atoms with Crippen molar-refractivity contribution in [3.8, 4) is 0 Å². The lowest BCUT2D eigenvalue weighted by molar-refractivity contribution is -0.0352. The number of halogens is 1. The quantitative estimate of drug-likeness (QED) is 0.210. The lowest BCUT2D eigenvalue weighted by Gasteiger charge is -2.48. The average molecular weight is 550 g/mol. The molecule has 3 rings (SSSR count). The number of rotatable bonds is 9. The molecule has 2 N–H and O–H groups in total. The molecule has 0 unspecified atom stereocenters. The number of hydrogen-bond acceptors (Lipinski definition) is 6. The Balaban J connectivity index is 0.00000341. The fraction of sp³-hybridized carbons (Fsp3) is 0.857. The summed E-state index contributed by atoms with van der Waals surface area (Å²) < 4.78 is 12.8. The first kappa shape index (κ1) is 26.3. The van der Waals surface area contributed by atoms with Gasteiger partial charge in [0.1, 0.15) is 12.4 Å². The van der Waals surface area contributed by atoms with Crippen molar-refractivity contribution < 1.29 is 9.47 Å². The molecule has 9 nitrogen and oxygen atoms in total. The third-order valence-corrected chi connectivity index (χ3v) is 6.43. The molecular weight excluding hydrogens is 509 g/mol. The molecule has 1 aliphatic heterocycles. The van der Waals surface area contributed by atoms with Crippen molar-refractivity contribution in [3.05, 3.63) is 11.6 Å². The molecule has 0 bridgehead atoms. The zero-order valence-corrected chi connectivity index (χ0v) is 21.7. The third kappa shape index (κ3) is 7.54. The van der Waals surface area contributed by atoms with Gasteiger partial charge in [0.25, 0.3) is 0 Å². The molecule has 1 aliphatic carbocycles. The molecule has 2 heterocycles. The second-order valence-corrected chi connectivity index (χ2v) is 8.40. The van der Waals surface area contributed by atoms with E-state index in [-0.39, 0.29) is 29.5 Å². The van der Waals surface area contributed by atoms with Gasteiger partial charge in [0.05, 0.1) is 13.2 Å². The molecule has 1 saturated carbocycles. The molecule has 1 saturated heterocycles. The van der Waals surface area contributed by atoms with E-state index in [1.807, 2.05) is 18.5 Å². The fourth-order valence-electron chi connectivity index (χ4n) is 4.44. The second-order valence-electron chi connectivity index (χ2n) is 8.40. The zero-order valence-electron chi connectivity index (χ0n) is 19.4. The minimum Gasteiger partial charge on any atom is -0.385 e. The van der Waals surface area contributed by atoms with Crippen LogP contribution in [0.5, 0.6) is 0 Å². The van der Waals surface area contributed by atoms with Crippen LogP contribution in [-0.4, -0.2) is 84.3 Å². The largest absolute Gasteiger partial charge is 0.385 e. The summed E-state index contributed by atoms with van der Waals surface area (Å²) in [6.45, 7) is 8.64. The number of morpholine rings is 1. The number of nitrogens with one attached hydrogen (secondary N) is 2. The number of aliphatic imine (C=N–C) groups is 1. The van der Waals surface area contributed by atoms with Gasteiger partial charge in [0.2, 0.25) is 0 Å². The van der Waals surface area contributed by atoms with Gasteiger partial charge in [0, 0.05) is 52.5 Å². The first-order chi connectivity index (χ1) is 14.6. The number of hydrogen-bond donors (Lipinski definition) is 2. The topological polar surface area (TPSA) is 88.8 Å². The Bertz CT molecular complexity index is 671. The van der Waals surface area contributed by atoms with E-state index in [1.165, 1.54) is 32.1 Å². The Morgan fingerprint density at radius 2 is 1.90 bits per heavy atom. The fourth-order valence-corrected chi connectivity index (χ4v) is 4.44. The smallest absolute Gasteiger partial charge is 0.191 e. The lowest BCUT2D eigenvalue weighted by Crippen LogP contribution is -2.60. The van der Waals surface area contributed by atoms with Gasteiger partial charge in [-0.1, -0.05) is 19.3 Å². The maximum atomic E-state index is 5.61. The number of ether oxygens (including phenoxy) is 2. The van der Waals surface area contributed by atoms with Crippen molar-refractivity contribution in [3.63, 3.8) is 0 Å². The van der Waals surface area contributed by atoms with Crippen molar-refractivity contribution in [2.45, 2.75) is 57.5 Å². The molecule has 0 radical (unpaired) electrons. The van der Waals surface area contributed by atoms with Crippen LogP contribution in [0.2, 0.25) is 0 Å². The van der Waals surface area contributed by atoms with Crippen LogP contribution in [0, 0.1) is 6.92 Å². The predicted molar refractivity (Wildman–Crippen MR) is 133 cm³/mol. The molecule has 0 aromatic carbocycles. The Morgan fingerprint density at radius 1 is 1.16 bits per heavy atom.